The lowest BCUT2D eigenvalue weighted by atomic mass is 10.1. The van der Waals surface area contributed by atoms with Crippen LogP contribution in [0.3, 0.4) is 0 Å². The molecule has 3 aromatic heterocycles. The highest BCUT2D eigenvalue weighted by Crippen LogP contribution is 2.31. The molecule has 2 atom stereocenters. The SMILES string of the molecule is O=c1c2cc(-c3ccc(Cl)cc3)nc(-c3cccnc3)c2ncn1[C@@H]1CC[C@H](O)C1. The van der Waals surface area contributed by atoms with Crippen LogP contribution in [0.4, 0.5) is 0 Å². The minimum Gasteiger partial charge on any atom is -0.393 e. The lowest BCUT2D eigenvalue weighted by molar-refractivity contribution is 0.177. The molecule has 30 heavy (non-hydrogen) atoms. The van der Waals surface area contributed by atoms with E-state index >= 15 is 0 Å². The molecule has 0 spiro atoms. The first-order valence-electron chi connectivity index (χ1n) is 9.86. The van der Waals surface area contributed by atoms with E-state index in [1.807, 2.05) is 24.3 Å². The number of pyridine rings is 2. The average Bonchev–Trinajstić information content (AvgIpc) is 3.20. The summed E-state index contributed by atoms with van der Waals surface area (Å²) in [6, 6.07) is 12.8. The maximum absolute atomic E-state index is 13.4. The Labute approximate surface area is 177 Å². The number of hydrogen-bond donors (Lipinski definition) is 1. The Balaban J connectivity index is 1.76. The second-order valence-electron chi connectivity index (χ2n) is 7.58. The minimum absolute atomic E-state index is 0.0432. The van der Waals surface area contributed by atoms with Gasteiger partial charge in [-0.2, -0.15) is 0 Å². The number of rotatable bonds is 3. The molecule has 0 radical (unpaired) electrons. The van der Waals surface area contributed by atoms with Gasteiger partial charge >= 0.3 is 0 Å². The summed E-state index contributed by atoms with van der Waals surface area (Å²) in [5, 5.41) is 11.0. The van der Waals surface area contributed by atoms with Crippen LogP contribution >= 0.6 is 11.6 Å². The molecule has 0 bridgehead atoms. The molecule has 0 unspecified atom stereocenters. The van der Waals surface area contributed by atoms with Crippen molar-refractivity contribution < 1.29 is 5.11 Å². The van der Waals surface area contributed by atoms with Gasteiger partial charge in [-0.15, -0.1) is 0 Å². The second-order valence-corrected chi connectivity index (χ2v) is 8.01. The van der Waals surface area contributed by atoms with E-state index in [0.29, 0.717) is 40.2 Å². The van der Waals surface area contributed by atoms with Gasteiger partial charge in [0.05, 0.1) is 29.2 Å². The van der Waals surface area contributed by atoms with Gasteiger partial charge in [0.15, 0.2) is 0 Å². The molecule has 1 fully saturated rings. The number of aliphatic hydroxyl groups is 1. The normalized spacial score (nSPS) is 18.7. The smallest absolute Gasteiger partial charge is 0.261 e. The van der Waals surface area contributed by atoms with E-state index in [0.717, 1.165) is 17.5 Å². The van der Waals surface area contributed by atoms with Crippen molar-refractivity contribution in [1.82, 2.24) is 19.5 Å². The Morgan fingerprint density at radius 3 is 2.63 bits per heavy atom. The average molecular weight is 419 g/mol. The summed E-state index contributed by atoms with van der Waals surface area (Å²) >= 11 is 6.04. The number of benzene rings is 1. The summed E-state index contributed by atoms with van der Waals surface area (Å²) in [7, 11) is 0. The summed E-state index contributed by atoms with van der Waals surface area (Å²) in [6.45, 7) is 0. The first-order valence-corrected chi connectivity index (χ1v) is 10.2. The lowest BCUT2D eigenvalue weighted by Gasteiger charge is -2.15. The molecular weight excluding hydrogens is 400 g/mol. The Morgan fingerprint density at radius 1 is 1.10 bits per heavy atom. The van der Waals surface area contributed by atoms with Crippen molar-refractivity contribution in [2.45, 2.75) is 31.4 Å². The quantitative estimate of drug-likeness (QED) is 0.537. The molecule has 6 nitrogen and oxygen atoms in total. The van der Waals surface area contributed by atoms with Gasteiger partial charge in [-0.3, -0.25) is 14.3 Å². The fourth-order valence-corrected chi connectivity index (χ4v) is 4.19. The molecule has 7 heteroatoms. The Kier molecular flexibility index (Phi) is 4.81. The number of aromatic nitrogens is 4. The van der Waals surface area contributed by atoms with Crippen LogP contribution in [0.25, 0.3) is 33.4 Å². The molecule has 3 heterocycles. The third-order valence-corrected chi connectivity index (χ3v) is 5.87. The zero-order valence-corrected chi connectivity index (χ0v) is 16.8. The Morgan fingerprint density at radius 2 is 1.93 bits per heavy atom. The van der Waals surface area contributed by atoms with Crippen LogP contribution in [0.15, 0.2) is 66.0 Å². The maximum atomic E-state index is 13.4. The van der Waals surface area contributed by atoms with Crippen LogP contribution in [0.5, 0.6) is 0 Å². The fraction of sp³-hybridized carbons (Fsp3) is 0.217. The third kappa shape index (κ3) is 3.38. The summed E-state index contributed by atoms with van der Waals surface area (Å²) in [5.41, 5.74) is 3.35. The Bertz CT molecular complexity index is 1270. The van der Waals surface area contributed by atoms with Crippen molar-refractivity contribution in [2.24, 2.45) is 0 Å². The van der Waals surface area contributed by atoms with Gasteiger partial charge in [-0.25, -0.2) is 9.97 Å². The highest BCUT2D eigenvalue weighted by atomic mass is 35.5. The zero-order chi connectivity index (χ0) is 20.7. The molecule has 1 aromatic carbocycles. The summed E-state index contributed by atoms with van der Waals surface area (Å²) in [4.78, 5) is 27.0. The van der Waals surface area contributed by atoms with Crippen molar-refractivity contribution in [3.63, 3.8) is 0 Å². The fourth-order valence-electron chi connectivity index (χ4n) is 4.06. The predicted molar refractivity (Wildman–Crippen MR) is 116 cm³/mol. The van der Waals surface area contributed by atoms with Crippen LogP contribution in [-0.2, 0) is 0 Å². The van der Waals surface area contributed by atoms with Crippen molar-refractivity contribution >= 4 is 22.5 Å². The highest BCUT2D eigenvalue weighted by Gasteiger charge is 2.26. The molecule has 0 saturated heterocycles. The van der Waals surface area contributed by atoms with Crippen molar-refractivity contribution in [2.75, 3.05) is 0 Å². The topological polar surface area (TPSA) is 80.9 Å². The molecule has 150 valence electrons. The Hall–Kier alpha value is -3.09. The number of fused-ring (bicyclic) bond motifs is 1. The number of halogens is 1. The van der Waals surface area contributed by atoms with Crippen molar-refractivity contribution in [3.05, 3.63) is 76.6 Å². The van der Waals surface area contributed by atoms with Gasteiger partial charge in [0.1, 0.15) is 5.52 Å². The van der Waals surface area contributed by atoms with Crippen LogP contribution in [0, 0.1) is 0 Å². The standard InChI is InChI=1S/C23H19ClN4O2/c24-16-5-3-14(4-6-16)20-11-19-22(21(27-20)15-2-1-9-25-12-15)26-13-28(23(19)30)17-7-8-18(29)10-17/h1-6,9,11-13,17-18,29H,7-8,10H2/t17-,18+/m1/s1. The largest absolute Gasteiger partial charge is 0.393 e. The third-order valence-electron chi connectivity index (χ3n) is 5.61. The summed E-state index contributed by atoms with van der Waals surface area (Å²) < 4.78 is 1.65. The lowest BCUT2D eigenvalue weighted by Crippen LogP contribution is -2.24. The first kappa shape index (κ1) is 18.9. The summed E-state index contributed by atoms with van der Waals surface area (Å²) in [5.74, 6) is 0. The van der Waals surface area contributed by atoms with Crippen LogP contribution in [0.1, 0.15) is 25.3 Å². The van der Waals surface area contributed by atoms with E-state index in [4.69, 9.17) is 16.6 Å². The van der Waals surface area contributed by atoms with Gasteiger partial charge in [-0.05, 0) is 49.6 Å². The number of nitrogens with zero attached hydrogens (tertiary/aromatic N) is 4. The van der Waals surface area contributed by atoms with E-state index in [1.54, 1.807) is 41.5 Å². The molecule has 1 saturated carbocycles. The maximum Gasteiger partial charge on any atom is 0.261 e. The predicted octanol–water partition coefficient (Wildman–Crippen LogP) is 4.26. The van der Waals surface area contributed by atoms with Crippen LogP contribution in [0.2, 0.25) is 5.02 Å². The van der Waals surface area contributed by atoms with E-state index < -0.39 is 0 Å². The van der Waals surface area contributed by atoms with Gasteiger partial charge in [0, 0.05) is 34.6 Å². The number of hydrogen-bond acceptors (Lipinski definition) is 5. The second kappa shape index (κ2) is 7.63. The van der Waals surface area contributed by atoms with Crippen molar-refractivity contribution in [1.29, 1.82) is 0 Å². The molecular formula is C23H19ClN4O2. The van der Waals surface area contributed by atoms with Crippen molar-refractivity contribution in [3.8, 4) is 22.5 Å². The van der Waals surface area contributed by atoms with Crippen LogP contribution in [-0.4, -0.2) is 30.7 Å². The van der Waals surface area contributed by atoms with Gasteiger partial charge in [-0.1, -0.05) is 23.7 Å². The summed E-state index contributed by atoms with van der Waals surface area (Å²) in [6.07, 6.45) is 6.65. The minimum atomic E-state index is -0.370. The van der Waals surface area contributed by atoms with Gasteiger partial charge < -0.3 is 5.11 Å². The van der Waals surface area contributed by atoms with E-state index in [-0.39, 0.29) is 17.7 Å². The highest BCUT2D eigenvalue weighted by molar-refractivity contribution is 6.30. The van der Waals surface area contributed by atoms with Gasteiger partial charge in [0.2, 0.25) is 0 Å². The molecule has 0 amide bonds. The monoisotopic (exact) mass is 418 g/mol. The molecule has 4 aromatic rings. The van der Waals surface area contributed by atoms with E-state index in [9.17, 15) is 9.90 Å². The number of aliphatic hydroxyl groups excluding tert-OH is 1. The molecule has 0 aliphatic heterocycles. The zero-order valence-electron chi connectivity index (χ0n) is 16.1. The molecule has 1 aliphatic rings. The van der Waals surface area contributed by atoms with E-state index in [2.05, 4.69) is 9.97 Å². The molecule has 5 rings (SSSR count). The molecule has 1 N–H and O–H groups in total. The van der Waals surface area contributed by atoms with E-state index in [1.165, 1.54) is 0 Å². The first-order chi connectivity index (χ1) is 14.6. The van der Waals surface area contributed by atoms with Crippen LogP contribution < -0.4 is 5.56 Å². The van der Waals surface area contributed by atoms with Gasteiger partial charge in [0.25, 0.3) is 5.56 Å². The molecule has 1 aliphatic carbocycles.